The number of carbonyl (C=O) groups excluding carboxylic acids is 2. The maximum atomic E-state index is 12.6. The summed E-state index contributed by atoms with van der Waals surface area (Å²) >= 11 is 0. The Morgan fingerprint density at radius 3 is 1.50 bits per heavy atom. The maximum Gasteiger partial charge on any atom is 0.374 e. The molecule has 4 rings (SSSR count). The third-order valence-corrected chi connectivity index (χ3v) is 4.75. The van der Waals surface area contributed by atoms with Gasteiger partial charge in [0.1, 0.15) is 11.2 Å². The van der Waals surface area contributed by atoms with Crippen LogP contribution in [0, 0.1) is 0 Å². The van der Waals surface area contributed by atoms with E-state index in [-0.39, 0.29) is 46.7 Å². The Bertz CT molecular complexity index is 1360. The fourth-order valence-electron chi connectivity index (χ4n) is 3.38. The smallest absolute Gasteiger partial charge is 0.374 e. The number of para-hydroxylation sites is 2. The zero-order valence-electron chi connectivity index (χ0n) is 17.3. The number of fused-ring (bicyclic) bond motifs is 2. The highest BCUT2D eigenvalue weighted by atomic mass is 16.5. The van der Waals surface area contributed by atoms with Crippen LogP contribution in [0.4, 0.5) is 0 Å². The van der Waals surface area contributed by atoms with E-state index in [0.29, 0.717) is 11.1 Å². The molecule has 0 saturated carbocycles. The SMILES string of the molecule is CCOC(=O)c1cc(=O)c2cccc(-c3cccc4c(=O)cc(C(=O)OCC)oc34)c2o1. The van der Waals surface area contributed by atoms with Gasteiger partial charge in [-0.15, -0.1) is 0 Å². The minimum Gasteiger partial charge on any atom is -0.460 e. The first-order valence-electron chi connectivity index (χ1n) is 9.93. The Labute approximate surface area is 181 Å². The van der Waals surface area contributed by atoms with Crippen molar-refractivity contribution in [3.05, 3.63) is 80.5 Å². The van der Waals surface area contributed by atoms with Gasteiger partial charge in [-0.2, -0.15) is 0 Å². The Morgan fingerprint density at radius 1 is 0.719 bits per heavy atom. The van der Waals surface area contributed by atoms with Gasteiger partial charge in [-0.3, -0.25) is 9.59 Å². The third kappa shape index (κ3) is 3.66. The van der Waals surface area contributed by atoms with Crippen LogP contribution in [0.15, 0.2) is 67.0 Å². The normalized spacial score (nSPS) is 10.9. The summed E-state index contributed by atoms with van der Waals surface area (Å²) in [4.78, 5) is 49.6. The van der Waals surface area contributed by atoms with Crippen LogP contribution in [0.5, 0.6) is 0 Å². The highest BCUT2D eigenvalue weighted by Crippen LogP contribution is 2.33. The van der Waals surface area contributed by atoms with E-state index in [1.165, 1.54) is 0 Å². The molecule has 8 nitrogen and oxygen atoms in total. The third-order valence-electron chi connectivity index (χ3n) is 4.75. The first kappa shape index (κ1) is 21.0. The van der Waals surface area contributed by atoms with E-state index in [2.05, 4.69) is 0 Å². The van der Waals surface area contributed by atoms with E-state index < -0.39 is 22.8 Å². The summed E-state index contributed by atoms with van der Waals surface area (Å²) in [5.74, 6) is -2.03. The van der Waals surface area contributed by atoms with Crippen LogP contribution < -0.4 is 10.9 Å². The molecule has 2 heterocycles. The molecule has 0 unspecified atom stereocenters. The number of ether oxygens (including phenoxy) is 2. The van der Waals surface area contributed by atoms with Crippen molar-refractivity contribution in [1.29, 1.82) is 0 Å². The zero-order valence-corrected chi connectivity index (χ0v) is 17.3. The molecule has 0 spiro atoms. The molecule has 0 aliphatic rings. The van der Waals surface area contributed by atoms with Gasteiger partial charge in [0.15, 0.2) is 10.9 Å². The summed E-state index contributed by atoms with van der Waals surface area (Å²) in [5.41, 5.74) is 0.204. The molecule has 0 aliphatic carbocycles. The average molecular weight is 434 g/mol. The molecule has 0 bridgehead atoms. The topological polar surface area (TPSA) is 113 Å². The summed E-state index contributed by atoms with van der Waals surface area (Å²) in [6, 6.07) is 11.9. The van der Waals surface area contributed by atoms with Crippen molar-refractivity contribution < 1.29 is 27.9 Å². The lowest BCUT2D eigenvalue weighted by molar-refractivity contribution is 0.0482. The minimum absolute atomic E-state index is 0.118. The van der Waals surface area contributed by atoms with Crippen molar-refractivity contribution in [2.45, 2.75) is 13.8 Å². The summed E-state index contributed by atoms with van der Waals surface area (Å²) in [7, 11) is 0. The monoisotopic (exact) mass is 434 g/mol. The van der Waals surface area contributed by atoms with Gasteiger partial charge in [-0.25, -0.2) is 9.59 Å². The summed E-state index contributed by atoms with van der Waals surface area (Å²) in [5, 5.41) is 0.466. The van der Waals surface area contributed by atoms with Gasteiger partial charge in [0.25, 0.3) is 0 Å². The van der Waals surface area contributed by atoms with Crippen LogP contribution in [-0.2, 0) is 9.47 Å². The zero-order chi connectivity index (χ0) is 22.8. The molecule has 0 atom stereocenters. The van der Waals surface area contributed by atoms with Gasteiger partial charge in [0.05, 0.1) is 24.0 Å². The predicted octanol–water partition coefficient (Wildman–Crippen LogP) is 3.92. The molecule has 0 saturated heterocycles. The largest absolute Gasteiger partial charge is 0.460 e. The molecule has 0 amide bonds. The molecular weight excluding hydrogens is 416 g/mol. The van der Waals surface area contributed by atoms with Crippen LogP contribution in [0.2, 0.25) is 0 Å². The van der Waals surface area contributed by atoms with Crippen molar-refractivity contribution in [2.75, 3.05) is 13.2 Å². The molecular formula is C24H18O8. The molecule has 4 aromatic rings. The molecule has 2 aromatic heterocycles. The summed E-state index contributed by atoms with van der Waals surface area (Å²) in [6.07, 6.45) is 0. The second-order valence-electron chi connectivity index (χ2n) is 6.76. The number of rotatable bonds is 5. The van der Waals surface area contributed by atoms with Crippen molar-refractivity contribution >= 4 is 33.9 Å². The predicted molar refractivity (Wildman–Crippen MR) is 116 cm³/mol. The number of carbonyl (C=O) groups is 2. The molecule has 162 valence electrons. The number of hydrogen-bond acceptors (Lipinski definition) is 8. The van der Waals surface area contributed by atoms with Gasteiger partial charge in [0.2, 0.25) is 11.5 Å². The second-order valence-corrected chi connectivity index (χ2v) is 6.76. The minimum atomic E-state index is -0.768. The van der Waals surface area contributed by atoms with Gasteiger partial charge >= 0.3 is 11.9 Å². The molecule has 8 heteroatoms. The molecule has 2 aromatic carbocycles. The van der Waals surface area contributed by atoms with E-state index in [1.54, 1.807) is 50.2 Å². The number of esters is 2. The Morgan fingerprint density at radius 2 is 1.12 bits per heavy atom. The lowest BCUT2D eigenvalue weighted by atomic mass is 10.00. The Balaban J connectivity index is 2.03. The molecule has 32 heavy (non-hydrogen) atoms. The van der Waals surface area contributed by atoms with E-state index >= 15 is 0 Å². The summed E-state index contributed by atoms with van der Waals surface area (Å²) < 4.78 is 21.4. The number of hydrogen-bond donors (Lipinski definition) is 0. The van der Waals surface area contributed by atoms with Gasteiger partial charge < -0.3 is 18.3 Å². The Kier molecular flexibility index (Phi) is 5.59. The van der Waals surface area contributed by atoms with Crippen molar-refractivity contribution in [3.63, 3.8) is 0 Å². The van der Waals surface area contributed by atoms with Crippen LogP contribution in [-0.4, -0.2) is 25.2 Å². The first-order valence-corrected chi connectivity index (χ1v) is 9.93. The van der Waals surface area contributed by atoms with Crippen LogP contribution in [0.25, 0.3) is 33.1 Å². The summed E-state index contributed by atoms with van der Waals surface area (Å²) in [6.45, 7) is 3.52. The van der Waals surface area contributed by atoms with Crippen molar-refractivity contribution in [2.24, 2.45) is 0 Å². The first-order chi connectivity index (χ1) is 15.4. The number of benzene rings is 2. The van der Waals surface area contributed by atoms with E-state index in [0.717, 1.165) is 12.1 Å². The van der Waals surface area contributed by atoms with E-state index in [1.807, 2.05) is 0 Å². The van der Waals surface area contributed by atoms with Crippen LogP contribution in [0.1, 0.15) is 35.0 Å². The van der Waals surface area contributed by atoms with Crippen molar-refractivity contribution in [3.8, 4) is 11.1 Å². The standard InChI is InChI=1S/C24H18O8/c1-3-29-23(27)19-11-17(25)15-9-5-7-13(21(15)31-19)14-8-6-10-16-18(26)12-20(32-22(14)16)24(28)30-4-2/h5-12H,3-4H2,1-2H3. The molecule has 0 fully saturated rings. The quantitative estimate of drug-likeness (QED) is 0.434. The second kappa shape index (κ2) is 8.50. The van der Waals surface area contributed by atoms with E-state index in [4.69, 9.17) is 18.3 Å². The average Bonchev–Trinajstić information content (AvgIpc) is 2.78. The Hall–Kier alpha value is -4.20. The highest BCUT2D eigenvalue weighted by molar-refractivity contribution is 6.02. The molecule has 0 radical (unpaired) electrons. The lowest BCUT2D eigenvalue weighted by Crippen LogP contribution is -2.11. The lowest BCUT2D eigenvalue weighted by Gasteiger charge is -2.10. The highest BCUT2D eigenvalue weighted by Gasteiger charge is 2.20. The maximum absolute atomic E-state index is 12.6. The van der Waals surface area contributed by atoms with Crippen molar-refractivity contribution in [1.82, 2.24) is 0 Å². The molecule has 0 N–H and O–H groups in total. The van der Waals surface area contributed by atoms with Gasteiger partial charge in [0, 0.05) is 23.3 Å². The van der Waals surface area contributed by atoms with Gasteiger partial charge in [-0.05, 0) is 26.0 Å². The fraction of sp³-hybridized carbons (Fsp3) is 0.167. The fourth-order valence-corrected chi connectivity index (χ4v) is 3.38. The molecule has 0 aliphatic heterocycles. The van der Waals surface area contributed by atoms with Gasteiger partial charge in [-0.1, -0.05) is 24.3 Å². The van der Waals surface area contributed by atoms with E-state index in [9.17, 15) is 19.2 Å². The van der Waals surface area contributed by atoms with Crippen LogP contribution in [0.3, 0.4) is 0 Å². The van der Waals surface area contributed by atoms with Crippen LogP contribution >= 0.6 is 0 Å².